The monoisotopic (exact) mass is 407 g/mol. The van der Waals surface area contributed by atoms with Crippen LogP contribution in [0.1, 0.15) is 22.8 Å². The lowest BCUT2D eigenvalue weighted by molar-refractivity contribution is 0.0526. The zero-order valence-electron chi connectivity index (χ0n) is 17.5. The Kier molecular flexibility index (Phi) is 5.65. The summed E-state index contributed by atoms with van der Waals surface area (Å²) in [6.07, 6.45) is 2.98. The number of carbonyl (C=O) groups excluding carboxylic acids is 1. The summed E-state index contributed by atoms with van der Waals surface area (Å²) in [4.78, 5) is 29.8. The maximum atomic E-state index is 12.3. The topological polar surface area (TPSA) is 80.7 Å². The summed E-state index contributed by atoms with van der Waals surface area (Å²) in [5.41, 5.74) is 2.44. The predicted octanol–water partition coefficient (Wildman–Crippen LogP) is 2.85. The second kappa shape index (κ2) is 8.52. The number of fused-ring (bicyclic) bond motifs is 1. The number of esters is 1. The van der Waals surface area contributed by atoms with Gasteiger partial charge in [-0.05, 0) is 31.5 Å². The summed E-state index contributed by atoms with van der Waals surface area (Å²) in [7, 11) is 1.67. The van der Waals surface area contributed by atoms with Gasteiger partial charge in [-0.15, -0.1) is 0 Å². The third kappa shape index (κ3) is 3.72. The van der Waals surface area contributed by atoms with Crippen LogP contribution in [-0.2, 0) is 4.74 Å². The maximum absolute atomic E-state index is 12.3. The number of piperazine rings is 1. The smallest absolute Gasteiger partial charge is 0.343 e. The number of hydrogen-bond donors (Lipinski definition) is 0. The molecular formula is C22H25N5O3. The second-order valence-electron chi connectivity index (χ2n) is 7.11. The van der Waals surface area contributed by atoms with E-state index in [1.165, 1.54) is 12.5 Å². The van der Waals surface area contributed by atoms with Gasteiger partial charge in [-0.1, -0.05) is 12.1 Å². The largest absolute Gasteiger partial charge is 0.494 e. The Morgan fingerprint density at radius 1 is 1.17 bits per heavy atom. The number of para-hydroxylation sites is 1. The molecule has 0 spiro atoms. The highest BCUT2D eigenvalue weighted by atomic mass is 16.5. The van der Waals surface area contributed by atoms with Crippen LogP contribution in [-0.4, -0.2) is 60.8 Å². The van der Waals surface area contributed by atoms with Gasteiger partial charge in [-0.2, -0.15) is 0 Å². The number of benzene rings is 1. The first kappa shape index (κ1) is 19.9. The number of methoxy groups -OCH3 is 1. The molecule has 1 fully saturated rings. The summed E-state index contributed by atoms with van der Waals surface area (Å²) >= 11 is 0. The Labute approximate surface area is 175 Å². The van der Waals surface area contributed by atoms with E-state index in [1.807, 2.05) is 12.1 Å². The van der Waals surface area contributed by atoms with Crippen LogP contribution in [0.15, 0.2) is 36.8 Å². The molecular weight excluding hydrogens is 382 g/mol. The fourth-order valence-electron chi connectivity index (χ4n) is 3.78. The van der Waals surface area contributed by atoms with Crippen LogP contribution in [0, 0.1) is 6.92 Å². The number of aromatic nitrogens is 3. The Morgan fingerprint density at radius 3 is 2.67 bits per heavy atom. The first-order valence-electron chi connectivity index (χ1n) is 10.0. The second-order valence-corrected chi connectivity index (χ2v) is 7.11. The zero-order valence-corrected chi connectivity index (χ0v) is 17.5. The molecule has 0 amide bonds. The standard InChI is InChI=1S/C22H25N5O3/c1-4-30-22(28)17-13-23-14-24-21(17)27-10-8-26(9-11-27)19-12-15(2)16-6-5-7-18(29-3)20(16)25-19/h5-7,12-14H,4,8-11H2,1-3H3. The van der Waals surface area contributed by atoms with Crippen molar-refractivity contribution >= 4 is 28.5 Å². The summed E-state index contributed by atoms with van der Waals surface area (Å²) in [5.74, 6) is 1.93. The van der Waals surface area contributed by atoms with Crippen molar-refractivity contribution in [3.8, 4) is 5.75 Å². The van der Waals surface area contributed by atoms with Crippen molar-refractivity contribution in [2.24, 2.45) is 0 Å². The van der Waals surface area contributed by atoms with E-state index in [2.05, 4.69) is 38.8 Å². The molecule has 0 atom stereocenters. The Balaban J connectivity index is 1.55. The van der Waals surface area contributed by atoms with Gasteiger partial charge in [-0.25, -0.2) is 19.7 Å². The highest BCUT2D eigenvalue weighted by Crippen LogP contribution is 2.30. The average Bonchev–Trinajstić information content (AvgIpc) is 2.79. The molecule has 1 aliphatic heterocycles. The summed E-state index contributed by atoms with van der Waals surface area (Å²) in [6.45, 7) is 7.15. The van der Waals surface area contributed by atoms with Gasteiger partial charge in [-0.3, -0.25) is 0 Å². The van der Waals surface area contributed by atoms with E-state index in [-0.39, 0.29) is 0 Å². The van der Waals surface area contributed by atoms with E-state index in [0.717, 1.165) is 41.1 Å². The average molecular weight is 407 g/mol. The van der Waals surface area contributed by atoms with Crippen LogP contribution >= 0.6 is 0 Å². The van der Waals surface area contributed by atoms with Crippen molar-refractivity contribution in [3.63, 3.8) is 0 Å². The minimum atomic E-state index is -0.394. The molecule has 1 saturated heterocycles. The molecule has 0 radical (unpaired) electrons. The van der Waals surface area contributed by atoms with Crippen molar-refractivity contribution in [3.05, 3.63) is 47.9 Å². The number of aryl methyl sites for hydroxylation is 1. The lowest BCUT2D eigenvalue weighted by Gasteiger charge is -2.36. The molecule has 0 aliphatic carbocycles. The van der Waals surface area contributed by atoms with E-state index in [0.29, 0.717) is 31.1 Å². The van der Waals surface area contributed by atoms with Gasteiger partial charge in [0.15, 0.2) is 0 Å². The molecule has 3 aromatic rings. The van der Waals surface area contributed by atoms with E-state index in [4.69, 9.17) is 14.5 Å². The molecule has 0 bridgehead atoms. The fourth-order valence-corrected chi connectivity index (χ4v) is 3.78. The molecule has 0 N–H and O–H groups in total. The van der Waals surface area contributed by atoms with Gasteiger partial charge in [0.25, 0.3) is 0 Å². The zero-order chi connectivity index (χ0) is 21.1. The number of pyridine rings is 1. The van der Waals surface area contributed by atoms with E-state index in [9.17, 15) is 4.79 Å². The van der Waals surface area contributed by atoms with Crippen LogP contribution in [0.3, 0.4) is 0 Å². The van der Waals surface area contributed by atoms with Crippen molar-refractivity contribution < 1.29 is 14.3 Å². The van der Waals surface area contributed by atoms with E-state index < -0.39 is 5.97 Å². The number of rotatable bonds is 5. The summed E-state index contributed by atoms with van der Waals surface area (Å²) < 4.78 is 10.7. The number of hydrogen-bond acceptors (Lipinski definition) is 8. The number of ether oxygens (including phenoxy) is 2. The quantitative estimate of drug-likeness (QED) is 0.598. The first-order chi connectivity index (χ1) is 14.6. The van der Waals surface area contributed by atoms with Gasteiger partial charge >= 0.3 is 5.97 Å². The van der Waals surface area contributed by atoms with Gasteiger partial charge in [0.05, 0.1) is 13.7 Å². The molecule has 156 valence electrons. The SMILES string of the molecule is CCOC(=O)c1cncnc1N1CCN(c2cc(C)c3cccc(OC)c3n2)CC1. The molecule has 4 rings (SSSR count). The molecule has 30 heavy (non-hydrogen) atoms. The molecule has 1 aliphatic rings. The Bertz CT molecular complexity index is 1060. The number of anilines is 2. The molecule has 1 aromatic carbocycles. The van der Waals surface area contributed by atoms with Crippen molar-refractivity contribution in [2.75, 3.05) is 49.7 Å². The molecule has 8 nitrogen and oxygen atoms in total. The van der Waals surface area contributed by atoms with Crippen LogP contribution < -0.4 is 14.5 Å². The fraction of sp³-hybridized carbons (Fsp3) is 0.364. The maximum Gasteiger partial charge on any atom is 0.343 e. The highest BCUT2D eigenvalue weighted by Gasteiger charge is 2.24. The van der Waals surface area contributed by atoms with Crippen LogP contribution in [0.2, 0.25) is 0 Å². The minimum Gasteiger partial charge on any atom is -0.494 e. The Hall–Kier alpha value is -3.42. The van der Waals surface area contributed by atoms with Gasteiger partial charge < -0.3 is 19.3 Å². The lowest BCUT2D eigenvalue weighted by atomic mass is 10.1. The van der Waals surface area contributed by atoms with Crippen LogP contribution in [0.25, 0.3) is 10.9 Å². The third-order valence-corrected chi connectivity index (χ3v) is 5.31. The molecule has 0 unspecified atom stereocenters. The molecule has 2 aromatic heterocycles. The van der Waals surface area contributed by atoms with E-state index >= 15 is 0 Å². The van der Waals surface area contributed by atoms with Crippen LogP contribution in [0.5, 0.6) is 5.75 Å². The third-order valence-electron chi connectivity index (χ3n) is 5.31. The predicted molar refractivity (Wildman–Crippen MR) is 115 cm³/mol. The lowest BCUT2D eigenvalue weighted by Crippen LogP contribution is -2.47. The first-order valence-corrected chi connectivity index (χ1v) is 10.0. The normalized spacial score (nSPS) is 14.1. The van der Waals surface area contributed by atoms with Gasteiger partial charge in [0.1, 0.15) is 34.8 Å². The van der Waals surface area contributed by atoms with Crippen molar-refractivity contribution in [1.82, 2.24) is 15.0 Å². The van der Waals surface area contributed by atoms with Gasteiger partial charge in [0.2, 0.25) is 0 Å². The molecule has 0 saturated carbocycles. The van der Waals surface area contributed by atoms with Gasteiger partial charge in [0, 0.05) is 37.8 Å². The number of nitrogens with zero attached hydrogens (tertiary/aromatic N) is 5. The Morgan fingerprint density at radius 2 is 1.93 bits per heavy atom. The highest BCUT2D eigenvalue weighted by molar-refractivity contribution is 5.94. The summed E-state index contributed by atoms with van der Waals surface area (Å²) in [5, 5.41) is 1.09. The van der Waals surface area contributed by atoms with Crippen molar-refractivity contribution in [1.29, 1.82) is 0 Å². The van der Waals surface area contributed by atoms with Crippen molar-refractivity contribution in [2.45, 2.75) is 13.8 Å². The van der Waals surface area contributed by atoms with E-state index in [1.54, 1.807) is 14.0 Å². The minimum absolute atomic E-state index is 0.317. The molecule has 8 heteroatoms. The van der Waals surface area contributed by atoms with Crippen LogP contribution in [0.4, 0.5) is 11.6 Å². The molecule has 3 heterocycles. The summed E-state index contributed by atoms with van der Waals surface area (Å²) in [6, 6.07) is 8.10. The number of carbonyl (C=O) groups is 1.